The Balaban J connectivity index is 2.45. The lowest BCUT2D eigenvalue weighted by Crippen LogP contribution is -2.31. The van der Waals surface area contributed by atoms with Crippen LogP contribution in [-0.4, -0.2) is 35.6 Å². The van der Waals surface area contributed by atoms with Gasteiger partial charge in [-0.05, 0) is 31.2 Å². The number of likely N-dealkylation sites (N-methyl/N-ethyl adjacent to an activating group) is 1. The molecule has 0 aliphatic heterocycles. The number of hydrogen-bond acceptors (Lipinski definition) is 6. The number of nitrogens with zero attached hydrogens (tertiary/aromatic N) is 3. The monoisotopic (exact) mass is 403 g/mol. The first-order chi connectivity index (χ1) is 12.6. The number of pyridine rings is 1. The van der Waals surface area contributed by atoms with E-state index in [4.69, 9.17) is 17.4 Å². The molecule has 0 aromatic carbocycles. The molecule has 2 rings (SSSR count). The van der Waals surface area contributed by atoms with Gasteiger partial charge in [-0.3, -0.25) is 9.59 Å². The topological polar surface area (TPSA) is 101 Å². The summed E-state index contributed by atoms with van der Waals surface area (Å²) in [5, 5.41) is 2.58. The van der Waals surface area contributed by atoms with Crippen LogP contribution in [0.25, 0.3) is 0 Å². The number of aliphatic imine (C=N–C) groups is 1. The van der Waals surface area contributed by atoms with E-state index in [1.807, 2.05) is 0 Å². The van der Waals surface area contributed by atoms with Crippen molar-refractivity contribution in [3.63, 3.8) is 0 Å². The Morgan fingerprint density at radius 3 is 2.67 bits per heavy atom. The Hall–Kier alpha value is -2.46. The molecule has 146 valence electrons. The minimum atomic E-state index is -4.73. The van der Waals surface area contributed by atoms with Gasteiger partial charge in [0.2, 0.25) is 12.2 Å². The summed E-state index contributed by atoms with van der Waals surface area (Å²) in [5.41, 5.74) is -1.16. The summed E-state index contributed by atoms with van der Waals surface area (Å²) >= 11 is 5.64. The van der Waals surface area contributed by atoms with E-state index < -0.39 is 22.7 Å². The van der Waals surface area contributed by atoms with Crippen molar-refractivity contribution in [2.75, 3.05) is 7.05 Å². The van der Waals surface area contributed by atoms with Crippen LogP contribution in [0, 0.1) is 5.92 Å². The number of aromatic nitrogens is 1. The molecule has 0 bridgehead atoms. The summed E-state index contributed by atoms with van der Waals surface area (Å²) in [7, 11) is 1.40. The van der Waals surface area contributed by atoms with Crippen molar-refractivity contribution in [2.45, 2.75) is 25.4 Å². The third-order valence-electron chi connectivity index (χ3n) is 3.75. The van der Waals surface area contributed by atoms with Crippen LogP contribution in [0.1, 0.15) is 35.3 Å². The molecule has 27 heavy (non-hydrogen) atoms. The number of nitrogens with one attached hydrogen (secondary N) is 1. The summed E-state index contributed by atoms with van der Waals surface area (Å²) in [4.78, 5) is 30.6. The third kappa shape index (κ3) is 5.51. The second kappa shape index (κ2) is 8.49. The van der Waals surface area contributed by atoms with Crippen LogP contribution in [0.4, 0.5) is 13.2 Å². The zero-order chi connectivity index (χ0) is 20.2. The van der Waals surface area contributed by atoms with E-state index >= 15 is 0 Å². The number of ketones is 1. The van der Waals surface area contributed by atoms with Crippen molar-refractivity contribution in [1.82, 2.24) is 15.3 Å². The molecule has 0 spiro atoms. The van der Waals surface area contributed by atoms with E-state index in [1.54, 1.807) is 0 Å². The van der Waals surface area contributed by atoms with Crippen molar-refractivity contribution in [3.05, 3.63) is 39.9 Å². The van der Waals surface area contributed by atoms with Gasteiger partial charge in [0.1, 0.15) is 5.70 Å². The van der Waals surface area contributed by atoms with Gasteiger partial charge >= 0.3 is 6.18 Å². The molecule has 0 radical (unpaired) electrons. The summed E-state index contributed by atoms with van der Waals surface area (Å²) in [5.74, 6) is 5.42. The molecule has 0 atom stereocenters. The molecule has 1 heterocycles. The van der Waals surface area contributed by atoms with E-state index in [-0.39, 0.29) is 11.3 Å². The third-order valence-corrected chi connectivity index (χ3v) is 4.04. The number of allylic oxidation sites excluding steroid dienone is 2. The molecule has 1 aliphatic carbocycles. The molecule has 1 aliphatic rings. The maximum Gasteiger partial charge on any atom is 0.434 e. The summed E-state index contributed by atoms with van der Waals surface area (Å²) in [6.07, 6.45) is -0.0634. The van der Waals surface area contributed by atoms with Crippen LogP contribution in [0.3, 0.4) is 0 Å². The molecule has 11 heteroatoms. The molecule has 1 saturated carbocycles. The average molecular weight is 404 g/mol. The first-order valence-electron chi connectivity index (χ1n) is 7.86. The molecular weight excluding hydrogens is 387 g/mol. The van der Waals surface area contributed by atoms with Crippen molar-refractivity contribution < 1.29 is 22.8 Å². The lowest BCUT2D eigenvalue weighted by Gasteiger charge is -2.19. The number of carbonyl (C=O) groups excluding carboxylic acids is 2. The van der Waals surface area contributed by atoms with Gasteiger partial charge in [-0.15, -0.1) is 0 Å². The maximum absolute atomic E-state index is 12.9. The van der Waals surface area contributed by atoms with Gasteiger partial charge < -0.3 is 10.3 Å². The Morgan fingerprint density at radius 1 is 1.52 bits per heavy atom. The number of alkyl halides is 3. The van der Waals surface area contributed by atoms with Gasteiger partial charge in [-0.25, -0.2) is 15.8 Å². The Morgan fingerprint density at radius 2 is 2.19 bits per heavy atom. The minimum absolute atomic E-state index is 0.0246. The highest BCUT2D eigenvalue weighted by molar-refractivity contribution is 6.31. The van der Waals surface area contributed by atoms with Crippen LogP contribution in [-0.2, 0) is 11.0 Å². The molecule has 1 aromatic heterocycles. The fraction of sp³-hybridized carbons (Fsp3) is 0.375. The number of hydrazine groups is 1. The standard InChI is InChI=1S/C16H17ClF3N5O2/c1-25(21)13(12(4-9-2-3-9)24-7-22-8-26)14(27)10-5-11(17)15(23-6-10)16(18,19)20/h5-9H,2-4,21H2,1H3,(H,22,24,26)/b13-12+. The van der Waals surface area contributed by atoms with Crippen molar-refractivity contribution in [2.24, 2.45) is 16.8 Å². The van der Waals surface area contributed by atoms with Crippen molar-refractivity contribution >= 4 is 30.1 Å². The predicted octanol–water partition coefficient (Wildman–Crippen LogP) is 2.53. The first kappa shape index (κ1) is 20.8. The van der Waals surface area contributed by atoms with Crippen LogP contribution >= 0.6 is 11.6 Å². The predicted molar refractivity (Wildman–Crippen MR) is 92.6 cm³/mol. The number of nitrogens with two attached hydrogens (primary N) is 1. The first-order valence-corrected chi connectivity index (χ1v) is 8.24. The molecule has 3 N–H and O–H groups in total. The van der Waals surface area contributed by atoms with E-state index in [0.717, 1.165) is 36.5 Å². The van der Waals surface area contributed by atoms with E-state index in [0.29, 0.717) is 24.4 Å². The molecule has 1 fully saturated rings. The lowest BCUT2D eigenvalue weighted by atomic mass is 10.1. The fourth-order valence-corrected chi connectivity index (χ4v) is 2.63. The average Bonchev–Trinajstić information content (AvgIpc) is 3.37. The van der Waals surface area contributed by atoms with E-state index in [1.165, 1.54) is 7.05 Å². The van der Waals surface area contributed by atoms with Crippen LogP contribution in [0.5, 0.6) is 0 Å². The normalized spacial score (nSPS) is 15.5. The summed E-state index contributed by atoms with van der Waals surface area (Å²) in [6, 6.07) is 0.894. The Kier molecular flexibility index (Phi) is 6.55. The zero-order valence-electron chi connectivity index (χ0n) is 14.3. The molecule has 1 aromatic rings. The van der Waals surface area contributed by atoms with Gasteiger partial charge in [0.05, 0.1) is 17.1 Å². The smallest absolute Gasteiger partial charge is 0.319 e. The summed E-state index contributed by atoms with van der Waals surface area (Å²) in [6.45, 7) is 0. The second-order valence-corrected chi connectivity index (χ2v) is 6.38. The largest absolute Gasteiger partial charge is 0.434 e. The van der Waals surface area contributed by atoms with E-state index in [9.17, 15) is 22.8 Å². The number of carbonyl (C=O) groups is 2. The quantitative estimate of drug-likeness (QED) is 0.132. The van der Waals surface area contributed by atoms with Gasteiger partial charge in [0, 0.05) is 18.8 Å². The van der Waals surface area contributed by atoms with Crippen molar-refractivity contribution in [3.8, 4) is 0 Å². The second-order valence-electron chi connectivity index (χ2n) is 5.98. The SMILES string of the molecule is CN(N)/C(C(=O)c1cnc(C(F)(F)F)c(Cl)c1)=C(\CC1CC1)N=CNC=O. The number of rotatable bonds is 8. The van der Waals surface area contributed by atoms with Gasteiger partial charge in [0.25, 0.3) is 0 Å². The Labute approximate surface area is 158 Å². The fourth-order valence-electron chi connectivity index (χ4n) is 2.35. The highest BCUT2D eigenvalue weighted by Crippen LogP contribution is 2.37. The minimum Gasteiger partial charge on any atom is -0.319 e. The maximum atomic E-state index is 12.9. The van der Waals surface area contributed by atoms with Crippen LogP contribution < -0.4 is 11.2 Å². The molecule has 0 saturated heterocycles. The van der Waals surface area contributed by atoms with Gasteiger partial charge in [0.15, 0.2) is 5.69 Å². The molecule has 0 unspecified atom stereocenters. The van der Waals surface area contributed by atoms with E-state index in [2.05, 4.69) is 15.3 Å². The molecule has 7 nitrogen and oxygen atoms in total. The van der Waals surface area contributed by atoms with Crippen LogP contribution in [0.15, 0.2) is 28.6 Å². The van der Waals surface area contributed by atoms with Gasteiger partial charge in [-0.2, -0.15) is 13.2 Å². The zero-order valence-corrected chi connectivity index (χ0v) is 15.0. The lowest BCUT2D eigenvalue weighted by molar-refractivity contribution is -0.141. The van der Waals surface area contributed by atoms with Crippen molar-refractivity contribution in [1.29, 1.82) is 0 Å². The van der Waals surface area contributed by atoms with Gasteiger partial charge in [-0.1, -0.05) is 11.6 Å². The number of amides is 1. The number of hydrogen-bond donors (Lipinski definition) is 2. The summed E-state index contributed by atoms with van der Waals surface area (Å²) < 4.78 is 38.4. The Bertz CT molecular complexity index is 789. The number of halogens is 4. The highest BCUT2D eigenvalue weighted by Gasteiger charge is 2.36. The molecule has 1 amide bonds. The number of Topliss-reactive ketones (excluding diaryl/α,β-unsaturated/α-hetero) is 1. The highest BCUT2D eigenvalue weighted by atomic mass is 35.5. The van der Waals surface area contributed by atoms with Crippen LogP contribution in [0.2, 0.25) is 5.02 Å². The molecular formula is C16H17ClF3N5O2.